The Morgan fingerprint density at radius 2 is 2.13 bits per heavy atom. The van der Waals surface area contributed by atoms with Crippen LogP contribution in [0.15, 0.2) is 54.5 Å². The third-order valence-electron chi connectivity index (χ3n) is 3.97. The molecule has 116 valence electrons. The zero-order valence-electron chi connectivity index (χ0n) is 13.4. The van der Waals surface area contributed by atoms with E-state index in [-0.39, 0.29) is 0 Å². The van der Waals surface area contributed by atoms with E-state index in [0.717, 1.165) is 33.3 Å². The first kappa shape index (κ1) is 15.0. The maximum atomic E-state index is 8.25. The number of rotatable bonds is 4. The van der Waals surface area contributed by atoms with Crippen molar-refractivity contribution < 1.29 is 0 Å². The van der Waals surface area contributed by atoms with Gasteiger partial charge in [-0.3, -0.25) is 4.98 Å². The van der Waals surface area contributed by atoms with Gasteiger partial charge in [-0.1, -0.05) is 18.2 Å². The van der Waals surface area contributed by atoms with Gasteiger partial charge in [0.25, 0.3) is 0 Å². The number of aromatic amines is 1. The topological polar surface area (TPSA) is 78.5 Å². The number of hydrogen-bond acceptors (Lipinski definition) is 3. The lowest BCUT2D eigenvalue weighted by atomic mass is 10.0. The summed E-state index contributed by atoms with van der Waals surface area (Å²) in [6.07, 6.45) is 6.14. The van der Waals surface area contributed by atoms with E-state index < -0.39 is 0 Å². The predicted molar refractivity (Wildman–Crippen MR) is 95.7 cm³/mol. The van der Waals surface area contributed by atoms with Crippen LogP contribution < -0.4 is 5.73 Å². The molecular formula is C19H20N4. The molecule has 0 unspecified atom stereocenters. The molecular weight excluding hydrogens is 284 g/mol. The summed E-state index contributed by atoms with van der Waals surface area (Å²) in [5.74, 6) is 0. The van der Waals surface area contributed by atoms with Crippen LogP contribution in [0.5, 0.6) is 0 Å². The van der Waals surface area contributed by atoms with Crippen LogP contribution in [0, 0.1) is 12.3 Å². The van der Waals surface area contributed by atoms with Crippen molar-refractivity contribution >= 4 is 16.6 Å². The van der Waals surface area contributed by atoms with E-state index in [9.17, 15) is 0 Å². The third-order valence-corrected chi connectivity index (χ3v) is 3.97. The maximum Gasteiger partial charge on any atom is 0.0723 e. The van der Waals surface area contributed by atoms with Crippen molar-refractivity contribution in [2.24, 2.45) is 5.73 Å². The summed E-state index contributed by atoms with van der Waals surface area (Å²) in [5, 5.41) is 9.32. The lowest BCUT2D eigenvalue weighted by Crippen LogP contribution is -2.06. The highest BCUT2D eigenvalue weighted by Gasteiger charge is 2.10. The second-order valence-electron chi connectivity index (χ2n) is 5.70. The maximum absolute atomic E-state index is 8.25. The van der Waals surface area contributed by atoms with Gasteiger partial charge >= 0.3 is 0 Å². The molecule has 0 amide bonds. The highest BCUT2D eigenvalue weighted by atomic mass is 14.7. The number of pyridine rings is 1. The average molecular weight is 304 g/mol. The van der Waals surface area contributed by atoms with Crippen molar-refractivity contribution in [3.8, 4) is 11.3 Å². The van der Waals surface area contributed by atoms with Gasteiger partial charge in [0, 0.05) is 46.7 Å². The smallest absolute Gasteiger partial charge is 0.0723 e. The number of nitrogens with zero attached hydrogens (tertiary/aromatic N) is 1. The number of nitrogens with two attached hydrogens (primary N) is 1. The monoisotopic (exact) mass is 304 g/mol. The first-order valence-corrected chi connectivity index (χ1v) is 7.61. The van der Waals surface area contributed by atoms with Crippen molar-refractivity contribution in [3.63, 3.8) is 0 Å². The van der Waals surface area contributed by atoms with Crippen molar-refractivity contribution in [2.45, 2.75) is 20.3 Å². The van der Waals surface area contributed by atoms with Crippen LogP contribution >= 0.6 is 0 Å². The van der Waals surface area contributed by atoms with Crippen LogP contribution in [-0.4, -0.2) is 15.7 Å². The fourth-order valence-corrected chi connectivity index (χ4v) is 2.56. The molecule has 0 aliphatic heterocycles. The van der Waals surface area contributed by atoms with Crippen LogP contribution in [-0.2, 0) is 0 Å². The fourth-order valence-electron chi connectivity index (χ4n) is 2.56. The van der Waals surface area contributed by atoms with E-state index in [2.05, 4.69) is 16.0 Å². The quantitative estimate of drug-likeness (QED) is 0.633. The Morgan fingerprint density at radius 1 is 1.30 bits per heavy atom. The van der Waals surface area contributed by atoms with E-state index in [1.165, 1.54) is 0 Å². The van der Waals surface area contributed by atoms with E-state index in [1.807, 2.05) is 56.6 Å². The minimum absolute atomic E-state index is 0.463. The van der Waals surface area contributed by atoms with Gasteiger partial charge in [0.2, 0.25) is 0 Å². The second kappa shape index (κ2) is 6.08. The molecule has 0 spiro atoms. The Morgan fingerprint density at radius 3 is 2.83 bits per heavy atom. The second-order valence-corrected chi connectivity index (χ2v) is 5.70. The number of aryl methyl sites for hydroxylation is 1. The van der Waals surface area contributed by atoms with Gasteiger partial charge in [-0.2, -0.15) is 0 Å². The molecule has 0 atom stereocenters. The number of hydrogen-bond donors (Lipinski definition) is 3. The van der Waals surface area contributed by atoms with Gasteiger partial charge in [0.1, 0.15) is 0 Å². The van der Waals surface area contributed by atoms with Crippen molar-refractivity contribution in [2.75, 3.05) is 0 Å². The summed E-state index contributed by atoms with van der Waals surface area (Å²) < 4.78 is 0. The zero-order valence-corrected chi connectivity index (χ0v) is 13.4. The van der Waals surface area contributed by atoms with Gasteiger partial charge in [-0.15, -0.1) is 0 Å². The average Bonchev–Trinajstić information content (AvgIpc) is 2.98. The lowest BCUT2D eigenvalue weighted by Gasteiger charge is -2.06. The molecule has 4 heteroatoms. The highest BCUT2D eigenvalue weighted by Crippen LogP contribution is 2.28. The third kappa shape index (κ3) is 3.01. The van der Waals surface area contributed by atoms with Crippen LogP contribution in [0.25, 0.3) is 22.2 Å². The Labute approximate surface area is 135 Å². The van der Waals surface area contributed by atoms with E-state index in [4.69, 9.17) is 11.1 Å². The molecule has 0 aliphatic rings. The zero-order chi connectivity index (χ0) is 16.4. The lowest BCUT2D eigenvalue weighted by molar-refractivity contribution is 1.17. The van der Waals surface area contributed by atoms with Crippen LogP contribution in [0.4, 0.5) is 0 Å². The van der Waals surface area contributed by atoms with Crippen LogP contribution in [0.2, 0.25) is 0 Å². The molecule has 3 rings (SSSR count). The van der Waals surface area contributed by atoms with Gasteiger partial charge < -0.3 is 16.1 Å². The molecule has 4 N–H and O–H groups in total. The molecule has 4 nitrogen and oxygen atoms in total. The van der Waals surface area contributed by atoms with Crippen molar-refractivity contribution in [1.82, 2.24) is 9.97 Å². The minimum Gasteiger partial charge on any atom is -0.402 e. The normalized spacial score (nSPS) is 11.8. The number of benzene rings is 1. The molecule has 1 aromatic carbocycles. The molecule has 2 heterocycles. The molecule has 0 aliphatic carbocycles. The molecule has 0 saturated carbocycles. The Kier molecular flexibility index (Phi) is 3.98. The number of aromatic nitrogens is 2. The van der Waals surface area contributed by atoms with E-state index in [1.54, 1.807) is 0 Å². The van der Waals surface area contributed by atoms with Gasteiger partial charge in [-0.25, -0.2) is 0 Å². The largest absolute Gasteiger partial charge is 0.402 e. The number of allylic oxidation sites excluding steroid dienone is 2. The molecule has 23 heavy (non-hydrogen) atoms. The van der Waals surface area contributed by atoms with Crippen LogP contribution in [0.3, 0.4) is 0 Å². The molecule has 0 bridgehead atoms. The van der Waals surface area contributed by atoms with Crippen molar-refractivity contribution in [1.29, 1.82) is 5.41 Å². The van der Waals surface area contributed by atoms with E-state index in [0.29, 0.717) is 17.8 Å². The summed E-state index contributed by atoms with van der Waals surface area (Å²) in [4.78, 5) is 7.78. The molecule has 0 fully saturated rings. The standard InChI is InChI=1S/C19H20N4/c1-3-14(20)9-17(21)13-5-7-18-15(8-13)16(11-23-18)19-6-4-12(2)10-22-19/h3-8,10-11,21,23H,9,20H2,1-2H3. The highest BCUT2D eigenvalue weighted by molar-refractivity contribution is 6.04. The molecule has 3 aromatic rings. The SMILES string of the molecule is CC=C(N)CC(=N)c1ccc2[nH]cc(-c3ccc(C)cn3)c2c1. The first-order chi connectivity index (χ1) is 11.1. The van der Waals surface area contributed by atoms with Gasteiger partial charge in [0.15, 0.2) is 0 Å². The number of nitrogens with one attached hydrogen (secondary N) is 2. The van der Waals surface area contributed by atoms with Gasteiger partial charge in [0.05, 0.1) is 5.69 Å². The van der Waals surface area contributed by atoms with Gasteiger partial charge in [-0.05, 0) is 43.2 Å². The summed E-state index contributed by atoms with van der Waals surface area (Å²) in [5.41, 5.74) is 12.1. The Balaban J connectivity index is 2.03. The Hall–Kier alpha value is -2.88. The minimum atomic E-state index is 0.463. The fraction of sp³-hybridized carbons (Fsp3) is 0.158. The van der Waals surface area contributed by atoms with E-state index >= 15 is 0 Å². The summed E-state index contributed by atoms with van der Waals surface area (Å²) in [7, 11) is 0. The number of H-pyrrole nitrogens is 1. The van der Waals surface area contributed by atoms with Crippen LogP contribution in [0.1, 0.15) is 24.5 Å². The first-order valence-electron chi connectivity index (χ1n) is 7.61. The van der Waals surface area contributed by atoms with Crippen molar-refractivity contribution in [3.05, 3.63) is 65.6 Å². The summed E-state index contributed by atoms with van der Waals surface area (Å²) in [6, 6.07) is 10.1. The molecule has 0 saturated heterocycles. The number of fused-ring (bicyclic) bond motifs is 1. The summed E-state index contributed by atoms with van der Waals surface area (Å²) >= 11 is 0. The Bertz CT molecular complexity index is 885. The summed E-state index contributed by atoms with van der Waals surface area (Å²) in [6.45, 7) is 3.91. The molecule has 0 radical (unpaired) electrons. The molecule has 2 aromatic heterocycles. The predicted octanol–water partition coefficient (Wildman–Crippen LogP) is 4.16.